The molecule has 0 spiro atoms. The molecule has 134 valence electrons. The SMILES string of the molecule is CCOc1ccc(NC(=O)CCn2c(=O)c(C)nc3ccccc32)cc1. The quantitative estimate of drug-likeness (QED) is 0.740. The zero-order valence-corrected chi connectivity index (χ0v) is 14.9. The molecular weight excluding hydrogens is 330 g/mol. The van der Waals surface area contributed by atoms with Crippen LogP contribution in [0.15, 0.2) is 53.3 Å². The van der Waals surface area contributed by atoms with Crippen LogP contribution in [-0.4, -0.2) is 22.1 Å². The van der Waals surface area contributed by atoms with E-state index in [9.17, 15) is 9.59 Å². The molecule has 0 fully saturated rings. The largest absolute Gasteiger partial charge is 0.494 e. The van der Waals surface area contributed by atoms with Crippen molar-refractivity contribution in [3.8, 4) is 5.75 Å². The average molecular weight is 351 g/mol. The van der Waals surface area contributed by atoms with Crippen molar-refractivity contribution < 1.29 is 9.53 Å². The zero-order valence-electron chi connectivity index (χ0n) is 14.9. The smallest absolute Gasteiger partial charge is 0.272 e. The number of carbonyl (C=O) groups excluding carboxylic acids is 1. The average Bonchev–Trinajstić information content (AvgIpc) is 2.64. The normalized spacial score (nSPS) is 10.7. The molecule has 6 nitrogen and oxygen atoms in total. The van der Waals surface area contributed by atoms with Crippen molar-refractivity contribution >= 4 is 22.6 Å². The Hall–Kier alpha value is -3.15. The number of aromatic nitrogens is 2. The molecule has 3 rings (SSSR count). The highest BCUT2D eigenvalue weighted by Crippen LogP contribution is 2.16. The molecular formula is C20H21N3O3. The van der Waals surface area contributed by atoms with Gasteiger partial charge < -0.3 is 14.6 Å². The van der Waals surface area contributed by atoms with Gasteiger partial charge in [0.25, 0.3) is 5.56 Å². The summed E-state index contributed by atoms with van der Waals surface area (Å²) in [6.45, 7) is 4.50. The maximum atomic E-state index is 12.4. The Bertz CT molecular complexity index is 978. The summed E-state index contributed by atoms with van der Waals surface area (Å²) in [7, 11) is 0. The Balaban J connectivity index is 1.71. The minimum absolute atomic E-state index is 0.153. The third-order valence-corrected chi connectivity index (χ3v) is 4.03. The zero-order chi connectivity index (χ0) is 18.5. The molecule has 0 radical (unpaired) electrons. The maximum absolute atomic E-state index is 12.4. The first-order valence-electron chi connectivity index (χ1n) is 8.57. The molecule has 1 aromatic heterocycles. The molecule has 0 saturated carbocycles. The molecule has 0 aliphatic carbocycles. The van der Waals surface area contributed by atoms with Crippen molar-refractivity contribution in [3.05, 3.63) is 64.6 Å². The molecule has 6 heteroatoms. The molecule has 0 unspecified atom stereocenters. The van der Waals surface area contributed by atoms with Crippen molar-refractivity contribution in [1.29, 1.82) is 0 Å². The Kier molecular flexibility index (Phi) is 5.31. The number of nitrogens with one attached hydrogen (secondary N) is 1. The first-order valence-corrected chi connectivity index (χ1v) is 8.57. The van der Waals surface area contributed by atoms with E-state index in [4.69, 9.17) is 4.74 Å². The molecule has 1 N–H and O–H groups in total. The molecule has 1 heterocycles. The van der Waals surface area contributed by atoms with Gasteiger partial charge in [-0.1, -0.05) is 12.1 Å². The van der Waals surface area contributed by atoms with Crippen LogP contribution in [0.25, 0.3) is 11.0 Å². The van der Waals surface area contributed by atoms with Crippen molar-refractivity contribution in [2.75, 3.05) is 11.9 Å². The third-order valence-electron chi connectivity index (χ3n) is 4.03. The second-order valence-electron chi connectivity index (χ2n) is 5.90. The Morgan fingerprint density at radius 2 is 1.88 bits per heavy atom. The van der Waals surface area contributed by atoms with Crippen LogP contribution < -0.4 is 15.6 Å². The van der Waals surface area contributed by atoms with Crippen LogP contribution >= 0.6 is 0 Å². The number of benzene rings is 2. The number of ether oxygens (including phenoxy) is 1. The fourth-order valence-electron chi connectivity index (χ4n) is 2.78. The van der Waals surface area contributed by atoms with E-state index in [-0.39, 0.29) is 17.9 Å². The highest BCUT2D eigenvalue weighted by Gasteiger charge is 2.10. The van der Waals surface area contributed by atoms with Gasteiger partial charge in [0.1, 0.15) is 11.4 Å². The molecule has 0 bridgehead atoms. The lowest BCUT2D eigenvalue weighted by atomic mass is 10.2. The first kappa shape index (κ1) is 17.7. The number of hydrogen-bond acceptors (Lipinski definition) is 4. The lowest BCUT2D eigenvalue weighted by molar-refractivity contribution is -0.116. The molecule has 3 aromatic rings. The topological polar surface area (TPSA) is 73.2 Å². The Morgan fingerprint density at radius 3 is 2.62 bits per heavy atom. The highest BCUT2D eigenvalue weighted by atomic mass is 16.5. The van der Waals surface area contributed by atoms with E-state index in [1.807, 2.05) is 43.3 Å². The van der Waals surface area contributed by atoms with Crippen LogP contribution in [-0.2, 0) is 11.3 Å². The maximum Gasteiger partial charge on any atom is 0.272 e. The Morgan fingerprint density at radius 1 is 1.15 bits per heavy atom. The summed E-state index contributed by atoms with van der Waals surface area (Å²) in [4.78, 5) is 29.0. The number of fused-ring (bicyclic) bond motifs is 1. The fraction of sp³-hybridized carbons (Fsp3) is 0.250. The summed E-state index contributed by atoms with van der Waals surface area (Å²) in [6, 6.07) is 14.6. The van der Waals surface area contributed by atoms with E-state index in [1.54, 1.807) is 23.6 Å². The summed E-state index contributed by atoms with van der Waals surface area (Å²) >= 11 is 0. The molecule has 26 heavy (non-hydrogen) atoms. The predicted octanol–water partition coefficient (Wildman–Crippen LogP) is 3.13. The van der Waals surface area contributed by atoms with Gasteiger partial charge in [-0.3, -0.25) is 9.59 Å². The number of carbonyl (C=O) groups is 1. The van der Waals surface area contributed by atoms with Gasteiger partial charge >= 0.3 is 0 Å². The number of aryl methyl sites for hydroxylation is 2. The van der Waals surface area contributed by atoms with Gasteiger partial charge in [0.05, 0.1) is 17.6 Å². The number of rotatable bonds is 6. The summed E-state index contributed by atoms with van der Waals surface area (Å²) < 4.78 is 6.99. The molecule has 1 amide bonds. The predicted molar refractivity (Wildman–Crippen MR) is 102 cm³/mol. The summed E-state index contributed by atoms with van der Waals surface area (Å²) in [5, 5.41) is 2.84. The molecule has 2 aromatic carbocycles. The van der Waals surface area contributed by atoms with Gasteiger partial charge in [-0.2, -0.15) is 0 Å². The first-order chi connectivity index (χ1) is 12.6. The van der Waals surface area contributed by atoms with E-state index < -0.39 is 0 Å². The van der Waals surface area contributed by atoms with Crippen LogP contribution in [0.1, 0.15) is 19.0 Å². The van der Waals surface area contributed by atoms with E-state index in [0.29, 0.717) is 24.5 Å². The molecule has 0 aliphatic heterocycles. The van der Waals surface area contributed by atoms with Crippen molar-refractivity contribution in [2.45, 2.75) is 26.8 Å². The van der Waals surface area contributed by atoms with Crippen molar-refractivity contribution in [2.24, 2.45) is 0 Å². The van der Waals surface area contributed by atoms with Gasteiger partial charge in [0.2, 0.25) is 5.91 Å². The lowest BCUT2D eigenvalue weighted by Crippen LogP contribution is -2.26. The van der Waals surface area contributed by atoms with Crippen molar-refractivity contribution in [3.63, 3.8) is 0 Å². The van der Waals surface area contributed by atoms with Gasteiger partial charge in [-0.15, -0.1) is 0 Å². The number of para-hydroxylation sites is 2. The molecule has 0 saturated heterocycles. The minimum Gasteiger partial charge on any atom is -0.494 e. The lowest BCUT2D eigenvalue weighted by Gasteiger charge is -2.11. The van der Waals surface area contributed by atoms with Crippen LogP contribution in [0.2, 0.25) is 0 Å². The second kappa shape index (κ2) is 7.82. The number of anilines is 1. The van der Waals surface area contributed by atoms with Crippen LogP contribution in [0.3, 0.4) is 0 Å². The summed E-state index contributed by atoms with van der Waals surface area (Å²) in [5.41, 5.74) is 2.43. The number of nitrogens with zero attached hydrogens (tertiary/aromatic N) is 2. The second-order valence-corrected chi connectivity index (χ2v) is 5.90. The van der Waals surface area contributed by atoms with E-state index in [2.05, 4.69) is 10.3 Å². The standard InChI is InChI=1S/C20H21N3O3/c1-3-26-16-10-8-15(9-11-16)22-19(24)12-13-23-18-7-5-4-6-17(18)21-14(2)20(23)25/h4-11H,3,12-13H2,1-2H3,(H,22,24). The van der Waals surface area contributed by atoms with Gasteiger partial charge in [-0.25, -0.2) is 4.98 Å². The van der Waals surface area contributed by atoms with Crippen LogP contribution in [0.5, 0.6) is 5.75 Å². The van der Waals surface area contributed by atoms with Gasteiger partial charge in [0.15, 0.2) is 0 Å². The molecule has 0 aliphatic rings. The summed E-state index contributed by atoms with van der Waals surface area (Å²) in [6.07, 6.45) is 0.195. The summed E-state index contributed by atoms with van der Waals surface area (Å²) in [5.74, 6) is 0.607. The van der Waals surface area contributed by atoms with E-state index >= 15 is 0 Å². The van der Waals surface area contributed by atoms with Crippen LogP contribution in [0.4, 0.5) is 5.69 Å². The van der Waals surface area contributed by atoms with E-state index in [1.165, 1.54) is 0 Å². The van der Waals surface area contributed by atoms with Gasteiger partial charge in [-0.05, 0) is 50.2 Å². The number of hydrogen-bond donors (Lipinski definition) is 1. The molecule has 0 atom stereocenters. The highest BCUT2D eigenvalue weighted by molar-refractivity contribution is 5.90. The van der Waals surface area contributed by atoms with Crippen LogP contribution in [0, 0.1) is 6.92 Å². The van der Waals surface area contributed by atoms with Crippen molar-refractivity contribution in [1.82, 2.24) is 9.55 Å². The number of amides is 1. The monoisotopic (exact) mass is 351 g/mol. The fourth-order valence-corrected chi connectivity index (χ4v) is 2.78. The Labute approximate surface area is 151 Å². The van der Waals surface area contributed by atoms with E-state index in [0.717, 1.165) is 16.8 Å². The van der Waals surface area contributed by atoms with Gasteiger partial charge in [0, 0.05) is 18.7 Å². The minimum atomic E-state index is -0.169. The third kappa shape index (κ3) is 3.91.